The molecule has 5 aliphatic rings. The van der Waals surface area contributed by atoms with Crippen LogP contribution in [0.25, 0.3) is 0 Å². The summed E-state index contributed by atoms with van der Waals surface area (Å²) >= 11 is 0. The van der Waals surface area contributed by atoms with E-state index in [1.54, 1.807) is 0 Å². The predicted octanol–water partition coefficient (Wildman–Crippen LogP) is 2.44. The van der Waals surface area contributed by atoms with Crippen LogP contribution in [-0.2, 0) is 23.7 Å². The number of ether oxygens (including phenoxy) is 4. The minimum atomic E-state index is -0.740. The predicted molar refractivity (Wildman–Crippen MR) is 115 cm³/mol. The maximum atomic E-state index is 13.1. The maximum absolute atomic E-state index is 13.1. The zero-order chi connectivity index (χ0) is 22.7. The standard InChI is InChI=1S/C25H38O7/c1-23-8-9-30-10-11-31-14-15(23)12-16(22(28)29-3)20-17-4-6-25(7-5-19(27)32-25)24(17,2)13-18(26)21(20)23/h12,16-21,26-27H,4-11,13-14H2,1-3H3/t16-,17+,18-,19?,20+,21?,23+,24?,25?/m1/s1. The van der Waals surface area contributed by atoms with Crippen LogP contribution in [0.3, 0.4) is 0 Å². The van der Waals surface area contributed by atoms with E-state index in [0.29, 0.717) is 39.3 Å². The topological polar surface area (TPSA) is 94.5 Å². The van der Waals surface area contributed by atoms with Gasteiger partial charge in [-0.25, -0.2) is 0 Å². The van der Waals surface area contributed by atoms with Gasteiger partial charge in [0.1, 0.15) is 0 Å². The van der Waals surface area contributed by atoms with Gasteiger partial charge in [-0.1, -0.05) is 19.9 Å². The second-order valence-corrected chi connectivity index (χ2v) is 11.1. The van der Waals surface area contributed by atoms with Crippen LogP contribution in [0.15, 0.2) is 11.6 Å². The van der Waals surface area contributed by atoms with E-state index in [1.807, 2.05) is 0 Å². The Morgan fingerprint density at radius 1 is 1.09 bits per heavy atom. The molecule has 7 heteroatoms. The molecule has 4 fully saturated rings. The molecule has 2 aliphatic heterocycles. The SMILES string of the molecule is COC(=O)[C@@H]1C=C2COCCOCC[C@]2(C)C2[C@@H]1[C@@H]1CCC3(CCC(O)O3)C1(C)C[C@H]2O. The lowest BCUT2D eigenvalue weighted by atomic mass is 9.45. The quantitative estimate of drug-likeness (QED) is 0.468. The van der Waals surface area contributed by atoms with Crippen LogP contribution >= 0.6 is 0 Å². The van der Waals surface area contributed by atoms with E-state index >= 15 is 0 Å². The molecular formula is C25H38O7. The summed E-state index contributed by atoms with van der Waals surface area (Å²) in [6.07, 6.45) is 5.38. The van der Waals surface area contributed by atoms with Gasteiger partial charge in [0.15, 0.2) is 6.29 Å². The Kier molecular flexibility index (Phi) is 5.73. The molecule has 4 unspecified atom stereocenters. The van der Waals surface area contributed by atoms with E-state index in [4.69, 9.17) is 18.9 Å². The molecule has 7 nitrogen and oxygen atoms in total. The van der Waals surface area contributed by atoms with Gasteiger partial charge in [0.25, 0.3) is 0 Å². The summed E-state index contributed by atoms with van der Waals surface area (Å²) in [5, 5.41) is 22.0. The lowest BCUT2D eigenvalue weighted by Gasteiger charge is -2.60. The van der Waals surface area contributed by atoms with Crippen molar-refractivity contribution in [3.63, 3.8) is 0 Å². The fourth-order valence-electron chi connectivity index (χ4n) is 8.34. The molecule has 2 saturated heterocycles. The molecule has 3 aliphatic carbocycles. The van der Waals surface area contributed by atoms with E-state index < -0.39 is 23.9 Å². The van der Waals surface area contributed by atoms with Crippen LogP contribution in [-0.4, -0.2) is 67.7 Å². The fraction of sp³-hybridized carbons (Fsp3) is 0.880. The first-order valence-corrected chi connectivity index (χ1v) is 12.2. The average Bonchev–Trinajstić information content (AvgIpc) is 3.29. The number of fused-ring (bicyclic) bond motifs is 6. The van der Waals surface area contributed by atoms with Crippen LogP contribution in [0.2, 0.25) is 0 Å². The summed E-state index contributed by atoms with van der Waals surface area (Å²) in [5.41, 5.74) is 0.0399. The molecule has 0 aromatic heterocycles. The van der Waals surface area contributed by atoms with Crippen LogP contribution in [0, 0.1) is 34.5 Å². The van der Waals surface area contributed by atoms with Crippen molar-refractivity contribution < 1.29 is 34.0 Å². The van der Waals surface area contributed by atoms with Crippen molar-refractivity contribution in [1.29, 1.82) is 0 Å². The van der Waals surface area contributed by atoms with Crippen LogP contribution in [0.1, 0.15) is 52.4 Å². The number of esters is 1. The summed E-state index contributed by atoms with van der Waals surface area (Å²) in [4.78, 5) is 13.1. The minimum Gasteiger partial charge on any atom is -0.469 e. The van der Waals surface area contributed by atoms with Gasteiger partial charge in [-0.2, -0.15) is 0 Å². The van der Waals surface area contributed by atoms with Crippen molar-refractivity contribution in [1.82, 2.24) is 0 Å². The summed E-state index contributed by atoms with van der Waals surface area (Å²) in [7, 11) is 1.45. The van der Waals surface area contributed by atoms with Crippen LogP contribution in [0.5, 0.6) is 0 Å². The van der Waals surface area contributed by atoms with Gasteiger partial charge >= 0.3 is 5.97 Å². The Morgan fingerprint density at radius 3 is 2.56 bits per heavy atom. The van der Waals surface area contributed by atoms with Crippen molar-refractivity contribution >= 4 is 5.97 Å². The van der Waals surface area contributed by atoms with Crippen LogP contribution in [0.4, 0.5) is 0 Å². The summed E-state index contributed by atoms with van der Waals surface area (Å²) in [5.74, 6) is -0.591. The fourth-order valence-corrected chi connectivity index (χ4v) is 8.34. The van der Waals surface area contributed by atoms with Gasteiger partial charge < -0.3 is 29.2 Å². The molecule has 0 bridgehead atoms. The molecule has 0 aromatic rings. The maximum Gasteiger partial charge on any atom is 0.312 e. The number of rotatable bonds is 1. The minimum absolute atomic E-state index is 0.0496. The molecule has 2 saturated carbocycles. The Labute approximate surface area is 190 Å². The van der Waals surface area contributed by atoms with Crippen molar-refractivity contribution in [2.45, 2.75) is 70.4 Å². The highest BCUT2D eigenvalue weighted by molar-refractivity contribution is 5.75. The Bertz CT molecular complexity index is 782. The molecule has 9 atom stereocenters. The number of carbonyl (C=O) groups is 1. The van der Waals surface area contributed by atoms with Gasteiger partial charge in [-0.15, -0.1) is 0 Å². The number of methoxy groups -OCH3 is 1. The Morgan fingerprint density at radius 2 is 1.84 bits per heavy atom. The number of carbonyl (C=O) groups excluding carboxylic acids is 1. The third kappa shape index (κ3) is 3.15. The molecule has 0 amide bonds. The molecule has 5 rings (SSSR count). The van der Waals surface area contributed by atoms with Crippen molar-refractivity contribution in [3.8, 4) is 0 Å². The third-order valence-corrected chi connectivity index (χ3v) is 9.94. The normalized spacial score (nSPS) is 51.0. The monoisotopic (exact) mass is 450 g/mol. The lowest BCUT2D eigenvalue weighted by molar-refractivity contribution is -0.217. The van der Waals surface area contributed by atoms with E-state index in [1.165, 1.54) is 7.11 Å². The van der Waals surface area contributed by atoms with Gasteiger partial charge in [-0.3, -0.25) is 4.79 Å². The second-order valence-electron chi connectivity index (χ2n) is 11.1. The van der Waals surface area contributed by atoms with Crippen molar-refractivity contribution in [2.24, 2.45) is 34.5 Å². The molecule has 32 heavy (non-hydrogen) atoms. The summed E-state index contributed by atoms with van der Waals surface area (Å²) < 4.78 is 23.2. The Balaban J connectivity index is 1.60. The average molecular weight is 451 g/mol. The molecular weight excluding hydrogens is 412 g/mol. The van der Waals surface area contributed by atoms with Gasteiger partial charge in [-0.05, 0) is 60.8 Å². The molecule has 1 spiro atoms. The molecule has 0 aromatic carbocycles. The van der Waals surface area contributed by atoms with Gasteiger partial charge in [0.05, 0.1) is 44.6 Å². The molecule has 180 valence electrons. The summed E-state index contributed by atoms with van der Waals surface area (Å²) in [6.45, 7) is 6.57. The van der Waals surface area contributed by atoms with E-state index in [2.05, 4.69) is 19.9 Å². The van der Waals surface area contributed by atoms with Crippen molar-refractivity contribution in [3.05, 3.63) is 11.6 Å². The van der Waals surface area contributed by atoms with Crippen molar-refractivity contribution in [2.75, 3.05) is 33.5 Å². The van der Waals surface area contributed by atoms with E-state index in [-0.39, 0.29) is 34.6 Å². The zero-order valence-corrected chi connectivity index (χ0v) is 19.5. The molecule has 0 radical (unpaired) electrons. The smallest absolute Gasteiger partial charge is 0.312 e. The van der Waals surface area contributed by atoms with E-state index in [0.717, 1.165) is 31.3 Å². The first-order chi connectivity index (χ1) is 15.3. The largest absolute Gasteiger partial charge is 0.469 e. The first-order valence-electron chi connectivity index (χ1n) is 12.2. The van der Waals surface area contributed by atoms with E-state index in [9.17, 15) is 15.0 Å². The number of hydrogen-bond donors (Lipinski definition) is 2. The molecule has 2 heterocycles. The highest BCUT2D eigenvalue weighted by Gasteiger charge is 2.69. The highest BCUT2D eigenvalue weighted by Crippen LogP contribution is 2.69. The highest BCUT2D eigenvalue weighted by atomic mass is 16.6. The van der Waals surface area contributed by atoms with Gasteiger partial charge in [0.2, 0.25) is 0 Å². The first kappa shape index (κ1) is 22.8. The van der Waals surface area contributed by atoms with Crippen LogP contribution < -0.4 is 0 Å². The van der Waals surface area contributed by atoms with Gasteiger partial charge in [0, 0.05) is 18.4 Å². The Hall–Kier alpha value is -0.990. The molecule has 2 N–H and O–H groups in total. The number of aliphatic hydroxyl groups excluding tert-OH is 2. The second kappa shape index (κ2) is 8.05. The third-order valence-electron chi connectivity index (χ3n) is 9.94. The summed E-state index contributed by atoms with van der Waals surface area (Å²) in [6, 6.07) is 0. The number of hydrogen-bond acceptors (Lipinski definition) is 7. The lowest BCUT2D eigenvalue weighted by Crippen LogP contribution is -2.61. The number of aliphatic hydroxyl groups is 2. The zero-order valence-electron chi connectivity index (χ0n) is 19.5.